The molecule has 1 N–H and O–H groups in total. The molecule has 1 unspecified atom stereocenters. The summed E-state index contributed by atoms with van der Waals surface area (Å²) in [5.74, 6) is 0.646. The number of hydrogen-bond acceptors (Lipinski definition) is 3. The summed E-state index contributed by atoms with van der Waals surface area (Å²) < 4.78 is 6.00. The van der Waals surface area contributed by atoms with Crippen LogP contribution in [0.1, 0.15) is 31.1 Å². The van der Waals surface area contributed by atoms with E-state index in [4.69, 9.17) is 4.42 Å². The molecule has 3 nitrogen and oxygen atoms in total. The van der Waals surface area contributed by atoms with E-state index in [9.17, 15) is 5.11 Å². The summed E-state index contributed by atoms with van der Waals surface area (Å²) in [6.45, 7) is 2.87. The number of aliphatic hydroxyl groups is 1. The largest absolute Gasteiger partial charge is 0.452 e. The first-order valence-electron chi connectivity index (χ1n) is 5.41. The third-order valence-corrected chi connectivity index (χ3v) is 3.23. The van der Waals surface area contributed by atoms with E-state index in [2.05, 4.69) is 20.8 Å². The lowest BCUT2D eigenvalue weighted by Crippen LogP contribution is -2.33. The zero-order valence-electron chi connectivity index (χ0n) is 8.66. The van der Waals surface area contributed by atoms with Gasteiger partial charge in [0.25, 0.3) is 0 Å². The summed E-state index contributed by atoms with van der Waals surface area (Å²) in [7, 11) is 0. The number of aliphatic hydroxyl groups excluding tert-OH is 1. The van der Waals surface area contributed by atoms with Gasteiger partial charge >= 0.3 is 0 Å². The fourth-order valence-corrected chi connectivity index (χ4v) is 2.30. The van der Waals surface area contributed by atoms with Crippen LogP contribution in [0.2, 0.25) is 0 Å². The van der Waals surface area contributed by atoms with Crippen LogP contribution >= 0.6 is 15.9 Å². The number of hydrogen-bond donors (Lipinski definition) is 1. The van der Waals surface area contributed by atoms with Gasteiger partial charge in [0.1, 0.15) is 11.9 Å². The molecule has 1 saturated heterocycles. The van der Waals surface area contributed by atoms with E-state index < -0.39 is 6.10 Å². The Balaban J connectivity index is 1.88. The normalized spacial score (nSPS) is 20.4. The van der Waals surface area contributed by atoms with Gasteiger partial charge in [-0.15, -0.1) is 0 Å². The van der Waals surface area contributed by atoms with Crippen molar-refractivity contribution in [1.82, 2.24) is 4.90 Å². The fourth-order valence-electron chi connectivity index (χ4n) is 1.98. The zero-order valence-corrected chi connectivity index (χ0v) is 10.2. The minimum Gasteiger partial charge on any atom is -0.452 e. The second-order valence-corrected chi connectivity index (χ2v) is 4.80. The van der Waals surface area contributed by atoms with Crippen molar-refractivity contribution in [2.24, 2.45) is 0 Å². The fraction of sp³-hybridized carbons (Fsp3) is 0.636. The van der Waals surface area contributed by atoms with Crippen LogP contribution in [0.15, 0.2) is 21.2 Å². The molecule has 84 valence electrons. The minimum absolute atomic E-state index is 0.505. The van der Waals surface area contributed by atoms with Crippen molar-refractivity contribution in [2.75, 3.05) is 19.6 Å². The highest BCUT2D eigenvalue weighted by molar-refractivity contribution is 9.10. The predicted octanol–water partition coefficient (Wildman–Crippen LogP) is 2.56. The van der Waals surface area contributed by atoms with Crippen LogP contribution in [-0.2, 0) is 0 Å². The van der Waals surface area contributed by atoms with Crippen molar-refractivity contribution in [1.29, 1.82) is 0 Å². The van der Waals surface area contributed by atoms with Gasteiger partial charge in [-0.25, -0.2) is 0 Å². The molecule has 0 spiro atoms. The molecule has 1 fully saturated rings. The van der Waals surface area contributed by atoms with E-state index in [0.717, 1.165) is 13.1 Å². The van der Waals surface area contributed by atoms with Crippen molar-refractivity contribution >= 4 is 15.9 Å². The average Bonchev–Trinajstić information content (AvgIpc) is 2.66. The first-order chi connectivity index (χ1) is 7.25. The van der Waals surface area contributed by atoms with Crippen molar-refractivity contribution in [3.05, 3.63) is 22.6 Å². The molecule has 1 aliphatic heterocycles. The van der Waals surface area contributed by atoms with Gasteiger partial charge in [0.2, 0.25) is 0 Å². The number of β-amino-alcohol motifs (C(OH)–C–C–N with tert-alkyl or cyclic N) is 1. The molecule has 1 aromatic rings. The average molecular weight is 274 g/mol. The maximum Gasteiger partial charge on any atom is 0.169 e. The van der Waals surface area contributed by atoms with Gasteiger partial charge in [-0.3, -0.25) is 0 Å². The molecule has 0 aromatic carbocycles. The second kappa shape index (κ2) is 5.14. The zero-order chi connectivity index (χ0) is 10.7. The lowest BCUT2D eigenvalue weighted by atomic mass is 10.1. The Labute approximate surface area is 98.2 Å². The molecular weight excluding hydrogens is 258 g/mol. The van der Waals surface area contributed by atoms with E-state index in [1.165, 1.54) is 19.3 Å². The van der Waals surface area contributed by atoms with Crippen LogP contribution in [-0.4, -0.2) is 29.6 Å². The molecule has 0 saturated carbocycles. The van der Waals surface area contributed by atoms with Gasteiger partial charge in [-0.1, -0.05) is 6.42 Å². The van der Waals surface area contributed by atoms with Gasteiger partial charge in [-0.2, -0.15) is 0 Å². The highest BCUT2D eigenvalue weighted by Crippen LogP contribution is 2.22. The molecule has 2 heterocycles. The van der Waals surface area contributed by atoms with Crippen molar-refractivity contribution in [3.63, 3.8) is 0 Å². The Hall–Kier alpha value is -0.320. The smallest absolute Gasteiger partial charge is 0.169 e. The highest BCUT2D eigenvalue weighted by atomic mass is 79.9. The second-order valence-electron chi connectivity index (χ2n) is 4.02. The lowest BCUT2D eigenvalue weighted by molar-refractivity contribution is 0.0843. The summed E-state index contributed by atoms with van der Waals surface area (Å²) in [4.78, 5) is 2.30. The van der Waals surface area contributed by atoms with Crippen LogP contribution < -0.4 is 0 Å². The number of rotatable bonds is 3. The number of nitrogens with zero attached hydrogens (tertiary/aromatic N) is 1. The van der Waals surface area contributed by atoms with Gasteiger partial charge in [-0.05, 0) is 54.0 Å². The van der Waals surface area contributed by atoms with Gasteiger partial charge in [0.05, 0.1) is 0 Å². The summed E-state index contributed by atoms with van der Waals surface area (Å²) in [6.07, 6.45) is 3.30. The summed E-state index contributed by atoms with van der Waals surface area (Å²) >= 11 is 3.23. The molecule has 0 aliphatic carbocycles. The maximum absolute atomic E-state index is 9.93. The molecular formula is C11H16BrNO2. The molecule has 0 bridgehead atoms. The number of halogens is 1. The van der Waals surface area contributed by atoms with Crippen LogP contribution in [0, 0.1) is 0 Å². The topological polar surface area (TPSA) is 36.6 Å². The molecule has 0 amide bonds. The van der Waals surface area contributed by atoms with E-state index in [1.807, 2.05) is 12.1 Å². The highest BCUT2D eigenvalue weighted by Gasteiger charge is 2.18. The third-order valence-electron chi connectivity index (χ3n) is 2.80. The Kier molecular flexibility index (Phi) is 3.83. The van der Waals surface area contributed by atoms with E-state index in [0.29, 0.717) is 17.0 Å². The summed E-state index contributed by atoms with van der Waals surface area (Å²) in [5, 5.41) is 9.93. The van der Waals surface area contributed by atoms with Crippen LogP contribution in [0.3, 0.4) is 0 Å². The van der Waals surface area contributed by atoms with Gasteiger partial charge in [0.15, 0.2) is 4.67 Å². The van der Waals surface area contributed by atoms with Crippen molar-refractivity contribution < 1.29 is 9.52 Å². The monoisotopic (exact) mass is 273 g/mol. The molecule has 0 radical (unpaired) electrons. The Bertz CT molecular complexity index is 307. The quantitative estimate of drug-likeness (QED) is 0.920. The van der Waals surface area contributed by atoms with Crippen molar-refractivity contribution in [3.8, 4) is 0 Å². The Morgan fingerprint density at radius 3 is 2.67 bits per heavy atom. The van der Waals surface area contributed by atoms with Crippen molar-refractivity contribution in [2.45, 2.75) is 25.4 Å². The predicted molar refractivity (Wildman–Crippen MR) is 61.7 cm³/mol. The summed E-state index contributed by atoms with van der Waals surface area (Å²) in [6, 6.07) is 3.63. The Morgan fingerprint density at radius 1 is 1.33 bits per heavy atom. The molecule has 1 aliphatic rings. The summed E-state index contributed by atoms with van der Waals surface area (Å²) in [5.41, 5.74) is 0. The third kappa shape index (κ3) is 3.06. The first-order valence-corrected chi connectivity index (χ1v) is 6.20. The molecule has 1 aromatic heterocycles. The molecule has 15 heavy (non-hydrogen) atoms. The maximum atomic E-state index is 9.93. The van der Waals surface area contributed by atoms with Crippen LogP contribution in [0.5, 0.6) is 0 Å². The van der Waals surface area contributed by atoms with Gasteiger partial charge in [0, 0.05) is 6.54 Å². The molecule has 1 atom stereocenters. The SMILES string of the molecule is OC(CN1CCCCC1)c1ccc(Br)o1. The van der Waals surface area contributed by atoms with E-state index in [1.54, 1.807) is 0 Å². The first kappa shape index (κ1) is 11.2. The van der Waals surface area contributed by atoms with Crippen LogP contribution in [0.4, 0.5) is 0 Å². The minimum atomic E-state index is -0.505. The Morgan fingerprint density at radius 2 is 2.07 bits per heavy atom. The lowest BCUT2D eigenvalue weighted by Gasteiger charge is -2.27. The number of likely N-dealkylation sites (tertiary alicyclic amines) is 1. The van der Waals surface area contributed by atoms with Gasteiger partial charge < -0.3 is 14.4 Å². The number of piperidine rings is 1. The molecule has 2 rings (SSSR count). The van der Waals surface area contributed by atoms with Crippen LogP contribution in [0.25, 0.3) is 0 Å². The van der Waals surface area contributed by atoms with E-state index >= 15 is 0 Å². The van der Waals surface area contributed by atoms with E-state index in [-0.39, 0.29) is 0 Å². The number of furan rings is 1. The molecule has 4 heteroatoms. The standard InChI is InChI=1S/C11H16BrNO2/c12-11-5-4-10(15-11)9(14)8-13-6-2-1-3-7-13/h4-5,9,14H,1-3,6-8H2.